The second-order valence-electron chi connectivity index (χ2n) is 5.21. The molecule has 1 aliphatic rings. The molecule has 2 atom stereocenters. The van der Waals surface area contributed by atoms with Gasteiger partial charge >= 0.3 is 5.97 Å². The third kappa shape index (κ3) is 4.14. The van der Waals surface area contributed by atoms with Gasteiger partial charge in [-0.05, 0) is 38.3 Å². The molecule has 2 rings (SSSR count). The minimum Gasteiger partial charge on any atom is -0.481 e. The second-order valence-corrected chi connectivity index (χ2v) is 5.21. The Bertz CT molecular complexity index is 503. The first-order chi connectivity index (χ1) is 10.1. The number of carboxylic acid groups (broad SMARTS) is 1. The Balaban J connectivity index is 1.94. The number of nitrogens with zero attached hydrogens (tertiary/aromatic N) is 2. The van der Waals surface area contributed by atoms with Gasteiger partial charge in [-0.1, -0.05) is 6.42 Å². The number of hydrogen-bond acceptors (Lipinski definition) is 5. The zero-order chi connectivity index (χ0) is 15.2. The lowest BCUT2D eigenvalue weighted by Crippen LogP contribution is -2.31. The molecule has 0 saturated heterocycles. The van der Waals surface area contributed by atoms with E-state index in [1.165, 1.54) is 0 Å². The Hall–Kier alpha value is -2.18. The Labute approximate surface area is 123 Å². The van der Waals surface area contributed by atoms with Crippen LogP contribution in [0.2, 0.25) is 0 Å². The van der Waals surface area contributed by atoms with E-state index in [-0.39, 0.29) is 23.6 Å². The van der Waals surface area contributed by atoms with Crippen LogP contribution >= 0.6 is 0 Å². The van der Waals surface area contributed by atoms with E-state index < -0.39 is 5.97 Å². The Kier molecular flexibility index (Phi) is 5.08. The third-order valence-electron chi connectivity index (χ3n) is 3.61. The Morgan fingerprint density at radius 1 is 1.33 bits per heavy atom. The van der Waals surface area contributed by atoms with Crippen molar-refractivity contribution in [3.8, 4) is 0 Å². The van der Waals surface area contributed by atoms with Crippen LogP contribution in [0.5, 0.6) is 0 Å². The molecule has 2 unspecified atom stereocenters. The molecule has 0 radical (unpaired) electrons. The zero-order valence-electron chi connectivity index (χ0n) is 12.0. The first-order valence-electron chi connectivity index (χ1n) is 7.21. The highest BCUT2D eigenvalue weighted by Crippen LogP contribution is 2.26. The summed E-state index contributed by atoms with van der Waals surface area (Å²) in [4.78, 5) is 22.6. The predicted molar refractivity (Wildman–Crippen MR) is 77.0 cm³/mol. The van der Waals surface area contributed by atoms with E-state index >= 15 is 0 Å². The lowest BCUT2D eigenvalue weighted by atomic mass is 9.86. The van der Waals surface area contributed by atoms with Crippen LogP contribution in [0.25, 0.3) is 0 Å². The van der Waals surface area contributed by atoms with Gasteiger partial charge in [0.25, 0.3) is 5.91 Å². The van der Waals surface area contributed by atoms with Gasteiger partial charge in [-0.25, -0.2) is 0 Å². The molecule has 1 heterocycles. The van der Waals surface area contributed by atoms with Crippen molar-refractivity contribution in [1.82, 2.24) is 15.5 Å². The van der Waals surface area contributed by atoms with Gasteiger partial charge in [-0.3, -0.25) is 9.59 Å². The molecule has 1 amide bonds. The van der Waals surface area contributed by atoms with E-state index in [2.05, 4.69) is 20.8 Å². The number of carbonyl (C=O) groups excluding carboxylic acids is 1. The minimum atomic E-state index is -0.737. The maximum absolute atomic E-state index is 11.6. The fourth-order valence-electron chi connectivity index (χ4n) is 2.54. The van der Waals surface area contributed by atoms with Crippen molar-refractivity contribution in [1.29, 1.82) is 0 Å². The molecule has 21 heavy (non-hydrogen) atoms. The fraction of sp³-hybridized carbons (Fsp3) is 0.571. The minimum absolute atomic E-state index is 0.0875. The first-order valence-corrected chi connectivity index (χ1v) is 7.21. The normalized spacial score (nSPS) is 21.6. The van der Waals surface area contributed by atoms with Crippen LogP contribution in [0.3, 0.4) is 0 Å². The van der Waals surface area contributed by atoms with Crippen LogP contribution in [0.15, 0.2) is 12.1 Å². The molecule has 0 aromatic carbocycles. The maximum Gasteiger partial charge on any atom is 0.306 e. The number of amides is 1. The van der Waals surface area contributed by atoms with Gasteiger partial charge in [0.05, 0.1) is 5.92 Å². The van der Waals surface area contributed by atoms with Crippen molar-refractivity contribution < 1.29 is 14.7 Å². The molecule has 7 nitrogen and oxygen atoms in total. The summed E-state index contributed by atoms with van der Waals surface area (Å²) in [6.07, 6.45) is 3.13. The van der Waals surface area contributed by atoms with Crippen molar-refractivity contribution in [3.05, 3.63) is 17.8 Å². The average molecular weight is 292 g/mol. The van der Waals surface area contributed by atoms with E-state index in [1.807, 2.05) is 6.92 Å². The standard InChI is InChI=1S/C14H20N4O3/c1-2-15-13(19)11-6-7-12(18-17-11)16-10-5-3-4-9(8-10)14(20)21/h6-7,9-10H,2-5,8H2,1H3,(H,15,19)(H,16,18)(H,20,21). The number of rotatable bonds is 5. The fourth-order valence-corrected chi connectivity index (χ4v) is 2.54. The van der Waals surface area contributed by atoms with Crippen LogP contribution in [-0.2, 0) is 4.79 Å². The van der Waals surface area contributed by atoms with Crippen molar-refractivity contribution in [2.45, 2.75) is 38.6 Å². The van der Waals surface area contributed by atoms with Crippen LogP contribution in [0.4, 0.5) is 5.82 Å². The van der Waals surface area contributed by atoms with Gasteiger partial charge < -0.3 is 15.7 Å². The second kappa shape index (κ2) is 7.01. The summed E-state index contributed by atoms with van der Waals surface area (Å²) >= 11 is 0. The smallest absolute Gasteiger partial charge is 0.306 e. The number of carboxylic acids is 1. The molecular formula is C14H20N4O3. The third-order valence-corrected chi connectivity index (χ3v) is 3.61. The highest BCUT2D eigenvalue weighted by molar-refractivity contribution is 5.92. The van der Waals surface area contributed by atoms with Crippen molar-refractivity contribution >= 4 is 17.7 Å². The van der Waals surface area contributed by atoms with Gasteiger partial charge in [0.2, 0.25) is 0 Å². The molecule has 0 bridgehead atoms. The quantitative estimate of drug-likeness (QED) is 0.755. The van der Waals surface area contributed by atoms with E-state index in [1.54, 1.807) is 12.1 Å². The summed E-state index contributed by atoms with van der Waals surface area (Å²) < 4.78 is 0. The summed E-state index contributed by atoms with van der Waals surface area (Å²) in [7, 11) is 0. The number of carbonyl (C=O) groups is 2. The van der Waals surface area contributed by atoms with Crippen LogP contribution in [0.1, 0.15) is 43.1 Å². The molecule has 1 aliphatic carbocycles. The highest BCUT2D eigenvalue weighted by Gasteiger charge is 2.27. The monoisotopic (exact) mass is 292 g/mol. The topological polar surface area (TPSA) is 104 Å². The summed E-state index contributed by atoms with van der Waals surface area (Å²) in [6, 6.07) is 3.39. The van der Waals surface area contributed by atoms with Crippen LogP contribution in [0, 0.1) is 5.92 Å². The van der Waals surface area contributed by atoms with E-state index in [4.69, 9.17) is 5.11 Å². The molecule has 1 fully saturated rings. The van der Waals surface area contributed by atoms with Crippen molar-refractivity contribution in [2.24, 2.45) is 5.92 Å². The van der Waals surface area contributed by atoms with Gasteiger partial charge in [-0.2, -0.15) is 0 Å². The van der Waals surface area contributed by atoms with E-state index in [9.17, 15) is 9.59 Å². The lowest BCUT2D eigenvalue weighted by molar-refractivity contribution is -0.142. The largest absolute Gasteiger partial charge is 0.481 e. The summed E-state index contributed by atoms with van der Waals surface area (Å²) in [6.45, 7) is 2.38. The lowest BCUT2D eigenvalue weighted by Gasteiger charge is -2.27. The summed E-state index contributed by atoms with van der Waals surface area (Å²) in [5.41, 5.74) is 0.273. The number of aromatic nitrogens is 2. The molecule has 0 aliphatic heterocycles. The SMILES string of the molecule is CCNC(=O)c1ccc(NC2CCCC(C(=O)O)C2)nn1. The number of aliphatic carboxylic acids is 1. The molecule has 3 N–H and O–H groups in total. The molecule has 114 valence electrons. The number of hydrogen-bond donors (Lipinski definition) is 3. The molecule has 1 aromatic rings. The number of nitrogens with one attached hydrogen (secondary N) is 2. The summed E-state index contributed by atoms with van der Waals surface area (Å²) in [5, 5.41) is 22.8. The molecule has 1 aromatic heterocycles. The van der Waals surface area contributed by atoms with E-state index in [0.29, 0.717) is 18.8 Å². The summed E-state index contributed by atoms with van der Waals surface area (Å²) in [5.74, 6) is -0.711. The van der Waals surface area contributed by atoms with Gasteiger partial charge in [0, 0.05) is 12.6 Å². The van der Waals surface area contributed by atoms with Crippen molar-refractivity contribution in [3.63, 3.8) is 0 Å². The Morgan fingerprint density at radius 3 is 2.76 bits per heavy atom. The highest BCUT2D eigenvalue weighted by atomic mass is 16.4. The Morgan fingerprint density at radius 2 is 2.14 bits per heavy atom. The van der Waals surface area contributed by atoms with E-state index in [0.717, 1.165) is 19.3 Å². The zero-order valence-corrected chi connectivity index (χ0v) is 12.0. The first kappa shape index (κ1) is 15.2. The number of anilines is 1. The predicted octanol–water partition coefficient (Wildman–Crippen LogP) is 1.28. The molecule has 1 saturated carbocycles. The molecule has 0 spiro atoms. The average Bonchev–Trinajstić information content (AvgIpc) is 2.48. The van der Waals surface area contributed by atoms with Crippen molar-refractivity contribution in [2.75, 3.05) is 11.9 Å². The molecule has 7 heteroatoms. The van der Waals surface area contributed by atoms with Crippen LogP contribution in [-0.4, -0.2) is 39.8 Å². The van der Waals surface area contributed by atoms with Gasteiger partial charge in [0.1, 0.15) is 5.82 Å². The van der Waals surface area contributed by atoms with Crippen LogP contribution < -0.4 is 10.6 Å². The molecular weight excluding hydrogens is 272 g/mol. The van der Waals surface area contributed by atoms with Gasteiger partial charge in [0.15, 0.2) is 5.69 Å². The van der Waals surface area contributed by atoms with Gasteiger partial charge in [-0.15, -0.1) is 10.2 Å². The maximum atomic E-state index is 11.6.